The second-order valence-electron chi connectivity index (χ2n) is 17.7. The Kier molecular flexibility index (Phi) is 10.4. The number of amides is 2. The van der Waals surface area contributed by atoms with Crippen molar-refractivity contribution in [2.45, 2.75) is 62.4 Å². The third kappa shape index (κ3) is 7.57. The molecule has 7 heterocycles. The Balaban J connectivity index is 0.803. The number of aliphatic hydroxyl groups excluding tert-OH is 1. The lowest BCUT2D eigenvalue weighted by Gasteiger charge is -2.43. The molecule has 2 amide bonds. The van der Waals surface area contributed by atoms with E-state index in [1.807, 2.05) is 28.8 Å². The number of aliphatic hydroxyl groups is 1. The van der Waals surface area contributed by atoms with E-state index >= 15 is 13.2 Å². The first kappa shape index (κ1) is 41.1. The average Bonchev–Trinajstić information content (AvgIpc) is 4.08. The summed E-state index contributed by atoms with van der Waals surface area (Å²) in [6.45, 7) is 3.29. The van der Waals surface area contributed by atoms with Crippen LogP contribution in [0.15, 0.2) is 47.4 Å². The van der Waals surface area contributed by atoms with Crippen molar-refractivity contribution < 1.29 is 32.6 Å². The highest BCUT2D eigenvalue weighted by atomic mass is 19.3. The molecule has 3 atom stereocenters. The first-order chi connectivity index (χ1) is 30.4. The lowest BCUT2D eigenvalue weighted by Crippen LogP contribution is -2.56. The molecule has 5 aromatic rings. The third-order valence-corrected chi connectivity index (χ3v) is 13.6. The molecule has 16 nitrogen and oxygen atoms in total. The Hall–Kier alpha value is -5.95. The summed E-state index contributed by atoms with van der Waals surface area (Å²) in [5.74, 6) is -4.71. The molecule has 4 fully saturated rings. The molecule has 1 unspecified atom stereocenters. The van der Waals surface area contributed by atoms with E-state index in [0.29, 0.717) is 73.5 Å². The number of aromatic nitrogens is 5. The minimum atomic E-state index is -3.18. The molecule has 2 aromatic carbocycles. The van der Waals surface area contributed by atoms with E-state index in [0.717, 1.165) is 55.3 Å². The van der Waals surface area contributed by atoms with Gasteiger partial charge in [-0.3, -0.25) is 29.3 Å². The topological polar surface area (TPSA) is 175 Å². The number of benzene rings is 2. The molecule has 19 heteroatoms. The molecule has 4 aliphatic heterocycles. The van der Waals surface area contributed by atoms with E-state index in [-0.39, 0.29) is 53.6 Å². The molecule has 332 valence electrons. The molecule has 63 heavy (non-hydrogen) atoms. The van der Waals surface area contributed by atoms with E-state index in [9.17, 15) is 19.5 Å². The van der Waals surface area contributed by atoms with E-state index in [2.05, 4.69) is 41.8 Å². The minimum Gasteiger partial charge on any atom is -0.480 e. The van der Waals surface area contributed by atoms with E-state index in [1.54, 1.807) is 25.2 Å². The predicted octanol–water partition coefficient (Wildman–Crippen LogP) is 4.24. The molecule has 3 saturated heterocycles. The first-order valence-corrected chi connectivity index (χ1v) is 21.7. The molecule has 10 rings (SSSR count). The molecular weight excluding hydrogens is 820 g/mol. The number of carbonyl (C=O) groups is 2. The van der Waals surface area contributed by atoms with Crippen molar-refractivity contribution in [3.05, 3.63) is 64.5 Å². The summed E-state index contributed by atoms with van der Waals surface area (Å²) in [7, 11) is 3.45. The van der Waals surface area contributed by atoms with Crippen molar-refractivity contribution in [1.29, 1.82) is 0 Å². The highest BCUT2D eigenvalue weighted by Crippen LogP contribution is 2.46. The number of aryl methyl sites for hydroxylation is 2. The van der Waals surface area contributed by atoms with Crippen molar-refractivity contribution in [3.8, 4) is 5.75 Å². The van der Waals surface area contributed by atoms with Gasteiger partial charge in [-0.25, -0.2) is 18.2 Å². The number of alkyl halides is 2. The minimum absolute atomic E-state index is 0.0956. The second-order valence-corrected chi connectivity index (χ2v) is 17.7. The quantitative estimate of drug-likeness (QED) is 0.155. The van der Waals surface area contributed by atoms with Gasteiger partial charge in [0.15, 0.2) is 18.2 Å². The Morgan fingerprint density at radius 1 is 1.00 bits per heavy atom. The number of imide groups is 1. The Labute approximate surface area is 360 Å². The fourth-order valence-corrected chi connectivity index (χ4v) is 10.0. The number of ether oxygens (including phenoxy) is 1. The van der Waals surface area contributed by atoms with Gasteiger partial charge >= 0.3 is 5.92 Å². The van der Waals surface area contributed by atoms with Crippen LogP contribution in [0.5, 0.6) is 5.75 Å². The van der Waals surface area contributed by atoms with Crippen LogP contribution in [0.1, 0.15) is 50.1 Å². The van der Waals surface area contributed by atoms with E-state index < -0.39 is 35.9 Å². The average molecular weight is 870 g/mol. The maximum Gasteiger partial charge on any atom is 0.301 e. The van der Waals surface area contributed by atoms with Gasteiger partial charge in [-0.15, -0.1) is 0 Å². The Bertz CT molecular complexity index is 2680. The molecule has 3 aromatic heterocycles. The summed E-state index contributed by atoms with van der Waals surface area (Å²) < 4.78 is 54.4. The Morgan fingerprint density at radius 2 is 1.81 bits per heavy atom. The van der Waals surface area contributed by atoms with Crippen LogP contribution in [0.25, 0.3) is 21.8 Å². The Morgan fingerprint density at radius 3 is 2.57 bits per heavy atom. The highest BCUT2D eigenvalue weighted by Gasteiger charge is 2.51. The van der Waals surface area contributed by atoms with Crippen LogP contribution < -0.4 is 36.0 Å². The number of carbonyl (C=O) groups excluding carboxylic acids is 2. The molecule has 0 radical (unpaired) electrons. The number of para-hydroxylation sites is 1. The number of nitrogens with one attached hydrogen (secondary N) is 3. The molecule has 0 bridgehead atoms. The first-order valence-electron chi connectivity index (χ1n) is 21.7. The number of pyridine rings is 1. The summed E-state index contributed by atoms with van der Waals surface area (Å²) in [6.07, 6.45) is 5.08. The van der Waals surface area contributed by atoms with E-state index in [4.69, 9.17) is 9.84 Å². The van der Waals surface area contributed by atoms with Crippen LogP contribution in [-0.4, -0.2) is 117 Å². The lowest BCUT2D eigenvalue weighted by atomic mass is 9.92. The maximum atomic E-state index is 15.4. The predicted molar refractivity (Wildman–Crippen MR) is 230 cm³/mol. The number of nitrogens with zero attached hydrogens (tertiary/aromatic N) is 8. The van der Waals surface area contributed by atoms with Crippen molar-refractivity contribution in [1.82, 2.24) is 34.5 Å². The summed E-state index contributed by atoms with van der Waals surface area (Å²) >= 11 is 0. The molecule has 5 aliphatic rings. The van der Waals surface area contributed by atoms with Gasteiger partial charge in [0.25, 0.3) is 5.56 Å². The zero-order valence-corrected chi connectivity index (χ0v) is 35.1. The van der Waals surface area contributed by atoms with Crippen LogP contribution in [0.2, 0.25) is 0 Å². The number of piperazine rings is 1. The largest absolute Gasteiger partial charge is 0.480 e. The van der Waals surface area contributed by atoms with Crippen molar-refractivity contribution in [3.63, 3.8) is 0 Å². The van der Waals surface area contributed by atoms with Gasteiger partial charge in [-0.2, -0.15) is 10.1 Å². The molecule has 4 N–H and O–H groups in total. The third-order valence-electron chi connectivity index (χ3n) is 13.6. The second kappa shape index (κ2) is 16.0. The fraction of sp³-hybridized carbons (Fsp3) is 0.500. The number of fused-ring (bicyclic) bond motifs is 4. The maximum absolute atomic E-state index is 15.4. The van der Waals surface area contributed by atoms with Crippen molar-refractivity contribution in [2.24, 2.45) is 25.9 Å². The molecule has 1 aliphatic carbocycles. The molecule has 0 spiro atoms. The summed E-state index contributed by atoms with van der Waals surface area (Å²) in [5.41, 5.74) is 3.30. The number of hydrogen-bond donors (Lipinski definition) is 4. The van der Waals surface area contributed by atoms with Crippen LogP contribution in [0.4, 0.5) is 42.0 Å². The van der Waals surface area contributed by atoms with Crippen LogP contribution in [-0.2, 0) is 23.7 Å². The van der Waals surface area contributed by atoms with Gasteiger partial charge in [-0.05, 0) is 68.2 Å². The van der Waals surface area contributed by atoms with Crippen LogP contribution >= 0.6 is 0 Å². The van der Waals surface area contributed by atoms with Gasteiger partial charge in [0.2, 0.25) is 23.5 Å². The number of rotatable bonds is 9. The summed E-state index contributed by atoms with van der Waals surface area (Å²) in [5, 5.41) is 25.2. The van der Waals surface area contributed by atoms with Gasteiger partial charge in [0.05, 0.1) is 58.9 Å². The van der Waals surface area contributed by atoms with Gasteiger partial charge in [0.1, 0.15) is 0 Å². The zero-order valence-electron chi connectivity index (χ0n) is 35.1. The van der Waals surface area contributed by atoms with E-state index in [1.165, 1.54) is 4.57 Å². The number of piperidine rings is 2. The van der Waals surface area contributed by atoms with Gasteiger partial charge < -0.3 is 34.8 Å². The number of anilines is 5. The SMILES string of the molecule is Cn1nc(C2CCC(=O)NC2=O)c2cccc(N3CCC(CN4CCN(c5ncc(F)c(Nc6ccc7c(c6)c6c(c(=O)n7C)OCC(F)(F)[C@H](C7CC7)N6)n5)[C@@H](CO)C4)CC3)c21. The van der Waals surface area contributed by atoms with Crippen molar-refractivity contribution in [2.75, 3.05) is 72.9 Å². The molecular formula is C44H50F3N11O5. The van der Waals surface area contributed by atoms with Crippen LogP contribution in [0, 0.1) is 17.7 Å². The summed E-state index contributed by atoms with van der Waals surface area (Å²) in [6, 6.07) is 9.58. The molecule has 1 saturated carbocycles. The number of halogens is 3. The summed E-state index contributed by atoms with van der Waals surface area (Å²) in [4.78, 5) is 53.3. The van der Waals surface area contributed by atoms with Crippen LogP contribution in [0.3, 0.4) is 0 Å². The smallest absolute Gasteiger partial charge is 0.301 e. The van der Waals surface area contributed by atoms with Gasteiger partial charge in [0, 0.05) is 76.2 Å². The normalized spacial score (nSPS) is 23.3. The lowest BCUT2D eigenvalue weighted by molar-refractivity contribution is -0.134. The van der Waals surface area contributed by atoms with Crippen molar-refractivity contribution >= 4 is 62.4 Å². The fourth-order valence-electron chi connectivity index (χ4n) is 10.0. The monoisotopic (exact) mass is 869 g/mol. The zero-order chi connectivity index (χ0) is 43.7. The number of hydrogen-bond acceptors (Lipinski definition) is 13. The highest BCUT2D eigenvalue weighted by molar-refractivity contribution is 6.04. The van der Waals surface area contributed by atoms with Gasteiger partial charge in [-0.1, -0.05) is 12.1 Å². The standard InChI is InChI=1S/C44H50F3N11O5/c1-54-32-10-8-26(18-30(32)36-38(42(54)62)63-23-44(46,47)39(51-36)25-6-7-25)49-40-31(45)19-48-43(52-40)58-17-16-56(21-27(58)22-59)20-24-12-14-57(15-13-24)33-5-3-4-28-35(53-55(2)37(28)33)29-9-11-34(60)50-41(29)61/h3-5,8,10,18-19,24-25,27,29,39,51,59H,6-7,9,11-17,20-23H2,1-2H3,(H,48,49,52)(H,50,60,61)/t27-,29?,39+/m1/s1.